The summed E-state index contributed by atoms with van der Waals surface area (Å²) in [6.07, 6.45) is 1.93. The van der Waals surface area contributed by atoms with Crippen LogP contribution < -0.4 is 30.4 Å². The van der Waals surface area contributed by atoms with Crippen molar-refractivity contribution in [2.75, 3.05) is 4.90 Å². The summed E-state index contributed by atoms with van der Waals surface area (Å²) >= 11 is 1.87. The molecule has 0 saturated heterocycles. The first-order valence-electron chi connectivity index (χ1n) is 18.8. The van der Waals surface area contributed by atoms with Gasteiger partial charge in [-0.3, -0.25) is 4.90 Å². The maximum absolute atomic E-state index is 6.68. The van der Waals surface area contributed by atoms with Gasteiger partial charge in [-0.25, -0.2) is 9.97 Å². The molecule has 0 radical (unpaired) electrons. The Balaban J connectivity index is 1.11. The van der Waals surface area contributed by atoms with E-state index in [1.54, 1.807) is 0 Å². The second-order valence-corrected chi connectivity index (χ2v) is 19.1. The number of anilines is 3. The van der Waals surface area contributed by atoms with Gasteiger partial charge in [0.2, 0.25) is 0 Å². The first-order valence-corrected chi connectivity index (χ1v) is 21.6. The Morgan fingerprint density at radius 2 is 1.29 bits per heavy atom. The molecule has 0 atom stereocenters. The number of benzene rings is 7. The molecule has 0 unspecified atom stereocenters. The van der Waals surface area contributed by atoms with Crippen LogP contribution in [0.5, 0.6) is 11.5 Å². The summed E-state index contributed by atoms with van der Waals surface area (Å²) in [6, 6.07) is 65.1. The molecule has 0 saturated carbocycles. The van der Waals surface area contributed by atoms with Crippen molar-refractivity contribution in [2.45, 2.75) is 0 Å². The van der Waals surface area contributed by atoms with Gasteiger partial charge in [0.05, 0.1) is 16.7 Å². The fraction of sp³-hybridized carbons (Fsp3) is 0.0204. The van der Waals surface area contributed by atoms with Crippen LogP contribution in [-0.2, 0) is 7.05 Å². The van der Waals surface area contributed by atoms with E-state index in [4.69, 9.17) is 14.7 Å². The van der Waals surface area contributed by atoms with E-state index in [1.165, 1.54) is 40.9 Å². The van der Waals surface area contributed by atoms with Gasteiger partial charge in [0.15, 0.2) is 8.07 Å². The van der Waals surface area contributed by atoms with Crippen LogP contribution in [0.25, 0.3) is 42.6 Å². The average molecular weight is 755 g/mol. The highest BCUT2D eigenvalue weighted by Gasteiger charge is 2.49. The summed E-state index contributed by atoms with van der Waals surface area (Å²) in [5.41, 5.74) is 5.19. The van der Waals surface area contributed by atoms with Crippen LogP contribution in [-0.4, -0.2) is 22.6 Å². The molecular formula is C49H34N4OSSi. The Labute approximate surface area is 329 Å². The van der Waals surface area contributed by atoms with E-state index < -0.39 is 8.07 Å². The number of thiophene rings is 1. The lowest BCUT2D eigenvalue weighted by Crippen LogP contribution is -2.77. The highest BCUT2D eigenvalue weighted by atomic mass is 32.1. The van der Waals surface area contributed by atoms with E-state index in [1.807, 2.05) is 47.9 Å². The van der Waals surface area contributed by atoms with Gasteiger partial charge >= 0.3 is 0 Å². The molecular weight excluding hydrogens is 721 g/mol. The van der Waals surface area contributed by atoms with Gasteiger partial charge in [-0.1, -0.05) is 115 Å². The van der Waals surface area contributed by atoms with Gasteiger partial charge in [-0.15, -0.1) is 11.3 Å². The minimum absolute atomic E-state index is 0.742. The first kappa shape index (κ1) is 32.6. The summed E-state index contributed by atoms with van der Waals surface area (Å²) < 4.78 is 11.4. The highest BCUT2D eigenvalue weighted by molar-refractivity contribution is 7.26. The monoisotopic (exact) mass is 754 g/mol. The van der Waals surface area contributed by atoms with Crippen molar-refractivity contribution in [2.24, 2.45) is 7.05 Å². The van der Waals surface area contributed by atoms with Crippen LogP contribution in [0.4, 0.5) is 17.2 Å². The summed E-state index contributed by atoms with van der Waals surface area (Å²) in [6.45, 7) is 0. The largest absolute Gasteiger partial charge is 0.457 e. The molecule has 266 valence electrons. The van der Waals surface area contributed by atoms with Crippen LogP contribution in [0.2, 0.25) is 0 Å². The van der Waals surface area contributed by atoms with Crippen molar-refractivity contribution in [3.05, 3.63) is 188 Å². The minimum atomic E-state index is -2.88. The molecule has 0 aliphatic carbocycles. The molecule has 0 amide bonds. The van der Waals surface area contributed by atoms with Crippen LogP contribution in [0.15, 0.2) is 188 Å². The molecule has 56 heavy (non-hydrogen) atoms. The SMILES string of the molecule is Cn1c(-c2cccc(Oc3cccc(N4c5cc6c(cc5[Si](c5ccccc5)(c5ccccc5)c5cccnc54)sc4ccccc46)c3)c2)nc2ccccc21. The number of hydrogen-bond donors (Lipinski definition) is 0. The molecule has 0 bridgehead atoms. The smallest absolute Gasteiger partial charge is 0.186 e. The maximum Gasteiger partial charge on any atom is 0.186 e. The number of aromatic nitrogens is 3. The fourth-order valence-corrected chi connectivity index (χ4v) is 15.0. The lowest BCUT2D eigenvalue weighted by molar-refractivity contribution is 0.483. The molecule has 7 heteroatoms. The van der Waals surface area contributed by atoms with Gasteiger partial charge in [0.25, 0.3) is 0 Å². The molecule has 3 aromatic heterocycles. The minimum Gasteiger partial charge on any atom is -0.457 e. The summed E-state index contributed by atoms with van der Waals surface area (Å²) in [4.78, 5) is 12.5. The number of ether oxygens (including phenoxy) is 1. The maximum atomic E-state index is 6.68. The van der Waals surface area contributed by atoms with Gasteiger partial charge in [-0.2, -0.15) is 0 Å². The fourth-order valence-electron chi connectivity index (χ4n) is 8.72. The Bertz CT molecular complexity index is 3060. The van der Waals surface area contributed by atoms with E-state index in [2.05, 4.69) is 168 Å². The van der Waals surface area contributed by atoms with E-state index >= 15 is 0 Å². The number of rotatable bonds is 6. The van der Waals surface area contributed by atoms with Crippen molar-refractivity contribution >= 4 is 88.6 Å². The van der Waals surface area contributed by atoms with Crippen molar-refractivity contribution in [3.8, 4) is 22.9 Å². The number of aryl methyl sites for hydroxylation is 1. The molecule has 5 nitrogen and oxygen atoms in total. The lowest BCUT2D eigenvalue weighted by Gasteiger charge is -2.44. The second-order valence-electron chi connectivity index (χ2n) is 14.3. The zero-order valence-corrected chi connectivity index (χ0v) is 32.3. The molecule has 10 aromatic rings. The zero-order chi connectivity index (χ0) is 37.2. The Morgan fingerprint density at radius 3 is 2.09 bits per heavy atom. The van der Waals surface area contributed by atoms with E-state index in [9.17, 15) is 0 Å². The van der Waals surface area contributed by atoms with Crippen molar-refractivity contribution < 1.29 is 4.74 Å². The van der Waals surface area contributed by atoms with Crippen molar-refractivity contribution in [1.29, 1.82) is 0 Å². The number of para-hydroxylation sites is 2. The molecule has 0 N–H and O–H groups in total. The zero-order valence-electron chi connectivity index (χ0n) is 30.5. The Kier molecular flexibility index (Phi) is 7.52. The predicted molar refractivity (Wildman–Crippen MR) is 235 cm³/mol. The normalized spacial score (nSPS) is 13.2. The molecule has 4 heterocycles. The summed E-state index contributed by atoms with van der Waals surface area (Å²) in [7, 11) is -0.825. The van der Waals surface area contributed by atoms with Crippen molar-refractivity contribution in [1.82, 2.24) is 14.5 Å². The third-order valence-electron chi connectivity index (χ3n) is 11.1. The number of imidazole rings is 1. The average Bonchev–Trinajstić information content (AvgIpc) is 3.79. The predicted octanol–water partition coefficient (Wildman–Crippen LogP) is 9.96. The van der Waals surface area contributed by atoms with E-state index in [-0.39, 0.29) is 0 Å². The third-order valence-corrected chi connectivity index (χ3v) is 17.1. The molecule has 11 rings (SSSR count). The molecule has 1 aliphatic heterocycles. The lowest BCUT2D eigenvalue weighted by atomic mass is 10.1. The first-order chi connectivity index (χ1) is 27.7. The quantitative estimate of drug-likeness (QED) is 0.159. The van der Waals surface area contributed by atoms with Crippen molar-refractivity contribution in [3.63, 3.8) is 0 Å². The van der Waals surface area contributed by atoms with E-state index in [0.29, 0.717) is 0 Å². The Morgan fingerprint density at radius 1 is 0.571 bits per heavy atom. The topological polar surface area (TPSA) is 43.2 Å². The number of hydrogen-bond acceptors (Lipinski definition) is 5. The standard InChI is InChI=1S/C49H34N4OSSi/c1-52-42-25-10-9-24-41(42)51-48(52)33-15-12-17-35(29-33)54-36-18-13-16-34(30-36)53-43-31-40-39-23-8-11-26-44(39)55-45(40)32-47(43)56(37-19-4-2-5-20-37,38-21-6-3-7-22-38)46-27-14-28-50-49(46)53/h2-32H,1H3. The van der Waals surface area contributed by atoms with Crippen LogP contribution in [0, 0.1) is 0 Å². The molecule has 1 aliphatic rings. The van der Waals surface area contributed by atoms with Gasteiger partial charge in [0.1, 0.15) is 23.1 Å². The number of nitrogens with zero attached hydrogens (tertiary/aromatic N) is 4. The van der Waals surface area contributed by atoms with Crippen LogP contribution in [0.3, 0.4) is 0 Å². The highest BCUT2D eigenvalue weighted by Crippen LogP contribution is 2.43. The van der Waals surface area contributed by atoms with Crippen LogP contribution >= 0.6 is 11.3 Å². The molecule has 0 fully saturated rings. The molecule has 7 aromatic carbocycles. The van der Waals surface area contributed by atoms with Gasteiger partial charge < -0.3 is 9.30 Å². The second kappa shape index (κ2) is 12.9. The number of fused-ring (bicyclic) bond motifs is 6. The molecule has 0 spiro atoms. The summed E-state index contributed by atoms with van der Waals surface area (Å²) in [5, 5.41) is 7.79. The van der Waals surface area contributed by atoms with Crippen LogP contribution in [0.1, 0.15) is 0 Å². The number of pyridine rings is 1. The van der Waals surface area contributed by atoms with Gasteiger partial charge in [-0.05, 0) is 81.4 Å². The third kappa shape index (κ3) is 4.98. The van der Waals surface area contributed by atoms with Gasteiger partial charge in [0, 0.05) is 50.7 Å². The summed E-state index contributed by atoms with van der Waals surface area (Å²) in [5.74, 6) is 3.33. The van der Waals surface area contributed by atoms with E-state index in [0.717, 1.165) is 51.1 Å². The Hall–Kier alpha value is -6.80.